The Morgan fingerprint density at radius 2 is 2.00 bits per heavy atom. The molecule has 0 amide bonds. The number of ether oxygens (including phenoxy) is 2. The van der Waals surface area contributed by atoms with Gasteiger partial charge in [0.1, 0.15) is 0 Å². The highest BCUT2D eigenvalue weighted by atomic mass is 31.2. The minimum absolute atomic E-state index is 0.0724. The molecule has 0 bridgehead atoms. The fourth-order valence-corrected chi connectivity index (χ4v) is 2.47. The average molecular weight is 353 g/mol. The quantitative estimate of drug-likeness (QED) is 0.179. The van der Waals surface area contributed by atoms with Crippen molar-refractivity contribution in [3.63, 3.8) is 0 Å². The Labute approximate surface area is 137 Å². The van der Waals surface area contributed by atoms with Gasteiger partial charge in [-0.1, -0.05) is 6.58 Å². The molecule has 2 atom stereocenters. The van der Waals surface area contributed by atoms with Gasteiger partial charge in [0, 0.05) is 25.5 Å². The fourth-order valence-electron chi connectivity index (χ4n) is 1.93. The number of methoxy groups -OCH3 is 1. The van der Waals surface area contributed by atoms with E-state index in [1.807, 2.05) is 14.1 Å². The van der Waals surface area contributed by atoms with Gasteiger partial charge in [-0.15, -0.1) is 0 Å². The number of hydrogen-bond acceptors (Lipinski definition) is 6. The molecule has 1 N–H and O–H groups in total. The molecule has 0 aliphatic rings. The molecule has 0 aliphatic carbocycles. The van der Waals surface area contributed by atoms with Crippen molar-refractivity contribution in [2.24, 2.45) is 0 Å². The van der Waals surface area contributed by atoms with Gasteiger partial charge in [-0.25, -0.2) is 4.79 Å². The molecule has 0 aromatic rings. The molecule has 0 aromatic carbocycles. The Hall–Kier alpha value is -0.760. The SMILES string of the molecule is C=C(C)C(=O)OCCC[N+](C)(C)CCC(COC)OP(=O)([O-])O. The maximum Gasteiger partial charge on any atom is 0.333 e. The highest BCUT2D eigenvalue weighted by Gasteiger charge is 2.21. The molecule has 0 saturated heterocycles. The van der Waals surface area contributed by atoms with Gasteiger partial charge in [0.2, 0.25) is 0 Å². The van der Waals surface area contributed by atoms with E-state index in [4.69, 9.17) is 14.4 Å². The molecule has 0 rings (SSSR count). The lowest BCUT2D eigenvalue weighted by Crippen LogP contribution is -2.43. The van der Waals surface area contributed by atoms with Crippen LogP contribution in [0.5, 0.6) is 0 Å². The number of carbonyl (C=O) groups excluding carboxylic acids is 1. The summed E-state index contributed by atoms with van der Waals surface area (Å²) in [6, 6.07) is 0. The van der Waals surface area contributed by atoms with E-state index in [2.05, 4.69) is 11.1 Å². The highest BCUT2D eigenvalue weighted by Crippen LogP contribution is 2.33. The van der Waals surface area contributed by atoms with Gasteiger partial charge < -0.3 is 28.3 Å². The lowest BCUT2D eigenvalue weighted by Gasteiger charge is -2.32. The number of esters is 1. The van der Waals surface area contributed by atoms with Crippen LogP contribution in [0.4, 0.5) is 0 Å². The van der Waals surface area contributed by atoms with Crippen LogP contribution in [0.3, 0.4) is 0 Å². The number of phosphoric ester groups is 1. The van der Waals surface area contributed by atoms with E-state index in [1.165, 1.54) is 7.11 Å². The molecule has 0 fully saturated rings. The first-order valence-corrected chi connectivity index (χ1v) is 8.82. The van der Waals surface area contributed by atoms with Crippen molar-refractivity contribution in [1.82, 2.24) is 0 Å². The van der Waals surface area contributed by atoms with E-state index in [-0.39, 0.29) is 6.61 Å². The molecule has 8 nitrogen and oxygen atoms in total. The van der Waals surface area contributed by atoms with E-state index in [0.717, 1.165) is 6.54 Å². The van der Waals surface area contributed by atoms with E-state index in [1.54, 1.807) is 6.92 Å². The maximum atomic E-state index is 11.3. The number of carbonyl (C=O) groups is 1. The van der Waals surface area contributed by atoms with Gasteiger partial charge in [0.15, 0.2) is 0 Å². The smallest absolute Gasteiger partial charge is 0.333 e. The molecule has 0 aromatic heterocycles. The zero-order valence-corrected chi connectivity index (χ0v) is 15.2. The van der Waals surface area contributed by atoms with Crippen LogP contribution in [0.2, 0.25) is 0 Å². The predicted octanol–water partition coefficient (Wildman–Crippen LogP) is 0.455. The summed E-state index contributed by atoms with van der Waals surface area (Å²) in [7, 11) is 0.592. The van der Waals surface area contributed by atoms with Gasteiger partial charge in [-0.3, -0.25) is 4.57 Å². The summed E-state index contributed by atoms with van der Waals surface area (Å²) < 4.78 is 25.9. The summed E-state index contributed by atoms with van der Waals surface area (Å²) in [6.45, 7) is 6.82. The molecule has 23 heavy (non-hydrogen) atoms. The molecule has 136 valence electrons. The third-order valence-electron chi connectivity index (χ3n) is 3.18. The van der Waals surface area contributed by atoms with Gasteiger partial charge >= 0.3 is 5.97 Å². The van der Waals surface area contributed by atoms with E-state index < -0.39 is 19.9 Å². The van der Waals surface area contributed by atoms with Crippen molar-refractivity contribution in [3.8, 4) is 0 Å². The van der Waals surface area contributed by atoms with Crippen LogP contribution >= 0.6 is 7.82 Å². The van der Waals surface area contributed by atoms with E-state index in [9.17, 15) is 14.3 Å². The monoisotopic (exact) mass is 353 g/mol. The average Bonchev–Trinajstić information content (AvgIpc) is 2.39. The molecule has 2 unspecified atom stereocenters. The second kappa shape index (κ2) is 10.2. The molecule has 0 aliphatic heterocycles. The third kappa shape index (κ3) is 12.3. The lowest BCUT2D eigenvalue weighted by molar-refractivity contribution is -0.891. The molecule has 0 radical (unpaired) electrons. The minimum Gasteiger partial charge on any atom is -0.756 e. The topological polar surface area (TPSA) is 105 Å². The van der Waals surface area contributed by atoms with Crippen LogP contribution in [0, 0.1) is 0 Å². The van der Waals surface area contributed by atoms with Gasteiger partial charge in [-0.05, 0) is 6.92 Å². The largest absolute Gasteiger partial charge is 0.756 e. The second-order valence-corrected chi connectivity index (χ2v) is 7.24. The summed E-state index contributed by atoms with van der Waals surface area (Å²) in [5.41, 5.74) is 0.365. The fraction of sp³-hybridized carbons (Fsp3) is 0.786. The first kappa shape index (κ1) is 22.2. The molecule has 0 heterocycles. The van der Waals surface area contributed by atoms with E-state index >= 15 is 0 Å². The van der Waals surface area contributed by atoms with Crippen molar-refractivity contribution < 1.29 is 37.6 Å². The molecule has 0 saturated carbocycles. The lowest BCUT2D eigenvalue weighted by atomic mass is 10.2. The standard InChI is InChI=1S/C14H28NO7P/c1-12(2)14(16)21-10-6-8-15(3,4)9-7-13(11-20-5)22-23(17,18)19/h13H,1,6-11H2,2-5H3,(H-,17,18,19). The van der Waals surface area contributed by atoms with Crippen LogP contribution in [0.15, 0.2) is 12.2 Å². The predicted molar refractivity (Wildman–Crippen MR) is 83.4 cm³/mol. The Morgan fingerprint density at radius 1 is 1.39 bits per heavy atom. The number of rotatable bonds is 12. The van der Waals surface area contributed by atoms with Crippen molar-refractivity contribution in [2.45, 2.75) is 25.9 Å². The number of quaternary nitrogens is 1. The van der Waals surface area contributed by atoms with Crippen LogP contribution < -0.4 is 4.89 Å². The number of hydrogen-bond donors (Lipinski definition) is 1. The maximum absolute atomic E-state index is 11.3. The Bertz CT molecular complexity index is 433. The molecule has 9 heteroatoms. The Kier molecular flexibility index (Phi) is 9.84. The van der Waals surface area contributed by atoms with Crippen molar-refractivity contribution in [2.75, 3.05) is 47.5 Å². The van der Waals surface area contributed by atoms with E-state index in [0.29, 0.717) is 36.0 Å². The molecule has 0 spiro atoms. The van der Waals surface area contributed by atoms with Gasteiger partial charge in [0.05, 0.1) is 46.5 Å². The zero-order valence-electron chi connectivity index (χ0n) is 14.3. The number of nitrogens with zero attached hydrogens (tertiary/aromatic N) is 1. The van der Waals surface area contributed by atoms with Crippen LogP contribution in [0.1, 0.15) is 19.8 Å². The van der Waals surface area contributed by atoms with Gasteiger partial charge in [0.25, 0.3) is 7.82 Å². The van der Waals surface area contributed by atoms with Crippen LogP contribution in [0.25, 0.3) is 0 Å². The summed E-state index contributed by atoms with van der Waals surface area (Å²) in [6.07, 6.45) is 0.341. The van der Waals surface area contributed by atoms with Crippen molar-refractivity contribution in [1.29, 1.82) is 0 Å². The van der Waals surface area contributed by atoms with Crippen LogP contribution in [-0.4, -0.2) is 69.0 Å². The molecular formula is C14H28NO7P. The minimum atomic E-state index is -4.78. The third-order valence-corrected chi connectivity index (χ3v) is 3.75. The molecular weight excluding hydrogens is 325 g/mol. The Morgan fingerprint density at radius 3 is 2.48 bits per heavy atom. The van der Waals surface area contributed by atoms with Crippen molar-refractivity contribution in [3.05, 3.63) is 12.2 Å². The van der Waals surface area contributed by atoms with Crippen molar-refractivity contribution >= 4 is 13.8 Å². The summed E-state index contributed by atoms with van der Waals surface area (Å²) in [5.74, 6) is -0.405. The first-order chi connectivity index (χ1) is 10.5. The summed E-state index contributed by atoms with van der Waals surface area (Å²) >= 11 is 0. The zero-order chi connectivity index (χ0) is 18.1. The van der Waals surface area contributed by atoms with Crippen LogP contribution in [-0.2, 0) is 23.4 Å². The second-order valence-electron chi connectivity index (χ2n) is 6.09. The van der Waals surface area contributed by atoms with Gasteiger partial charge in [-0.2, -0.15) is 0 Å². The normalized spacial score (nSPS) is 15.7. The summed E-state index contributed by atoms with van der Waals surface area (Å²) in [5, 5.41) is 0. The summed E-state index contributed by atoms with van der Waals surface area (Å²) in [4.78, 5) is 30.8. The Balaban J connectivity index is 4.20. The number of phosphoric acid groups is 1. The highest BCUT2D eigenvalue weighted by molar-refractivity contribution is 7.44. The first-order valence-electron chi connectivity index (χ1n) is 7.32.